The summed E-state index contributed by atoms with van der Waals surface area (Å²) >= 11 is 0. The highest BCUT2D eigenvalue weighted by molar-refractivity contribution is 7.87. The molecule has 0 unspecified atom stereocenters. The molecule has 2 aromatic carbocycles. The number of rotatable bonds is 8. The van der Waals surface area contributed by atoms with Crippen LogP contribution >= 0.6 is 0 Å². The van der Waals surface area contributed by atoms with Crippen LogP contribution in [-0.2, 0) is 21.5 Å². The SMILES string of the molecule is CC(C)(C)CC(=O)N(Cc1ccccc1OS(=O)(=O)c1ccc(F)cc1)CC1CC1. The van der Waals surface area contributed by atoms with E-state index in [4.69, 9.17) is 4.18 Å². The molecule has 0 aliphatic heterocycles. The highest BCUT2D eigenvalue weighted by Crippen LogP contribution is 2.32. The van der Waals surface area contributed by atoms with Crippen LogP contribution in [0.3, 0.4) is 0 Å². The minimum Gasteiger partial charge on any atom is -0.379 e. The van der Waals surface area contributed by atoms with E-state index in [1.807, 2.05) is 20.8 Å². The van der Waals surface area contributed by atoms with Gasteiger partial charge in [0.1, 0.15) is 16.5 Å². The van der Waals surface area contributed by atoms with Crippen LogP contribution in [0.1, 0.15) is 45.6 Å². The maximum absolute atomic E-state index is 13.1. The average molecular weight is 434 g/mol. The van der Waals surface area contributed by atoms with E-state index in [9.17, 15) is 17.6 Å². The summed E-state index contributed by atoms with van der Waals surface area (Å²) in [5.74, 6) is 0.198. The Morgan fingerprint density at radius 2 is 1.73 bits per heavy atom. The Hall–Kier alpha value is -2.41. The van der Waals surface area contributed by atoms with Crippen LogP contribution in [0, 0.1) is 17.2 Å². The molecule has 1 fully saturated rings. The lowest BCUT2D eigenvalue weighted by atomic mass is 9.91. The van der Waals surface area contributed by atoms with Gasteiger partial charge in [-0.15, -0.1) is 0 Å². The molecule has 0 N–H and O–H groups in total. The van der Waals surface area contributed by atoms with Gasteiger partial charge in [-0.25, -0.2) is 4.39 Å². The van der Waals surface area contributed by atoms with Crippen molar-refractivity contribution in [1.82, 2.24) is 4.90 Å². The number of hydrogen-bond acceptors (Lipinski definition) is 4. The first kappa shape index (κ1) is 22.3. The molecule has 2 aromatic rings. The van der Waals surface area contributed by atoms with E-state index >= 15 is 0 Å². The fraction of sp³-hybridized carbons (Fsp3) is 0.435. The van der Waals surface area contributed by atoms with Crippen LogP contribution < -0.4 is 4.18 Å². The maximum atomic E-state index is 13.1. The summed E-state index contributed by atoms with van der Waals surface area (Å²) in [6.07, 6.45) is 2.63. The highest BCUT2D eigenvalue weighted by atomic mass is 32.2. The topological polar surface area (TPSA) is 63.7 Å². The van der Waals surface area contributed by atoms with Gasteiger partial charge in [0.25, 0.3) is 0 Å². The first-order valence-electron chi connectivity index (χ1n) is 10.1. The molecule has 1 aliphatic rings. The molecule has 162 valence electrons. The summed E-state index contributed by atoms with van der Waals surface area (Å²) in [5, 5.41) is 0. The predicted octanol–water partition coefficient (Wildman–Crippen LogP) is 4.77. The van der Waals surface area contributed by atoms with E-state index in [2.05, 4.69) is 0 Å². The van der Waals surface area contributed by atoms with Crippen molar-refractivity contribution < 1.29 is 21.8 Å². The van der Waals surface area contributed by atoms with Crippen molar-refractivity contribution in [3.05, 3.63) is 59.9 Å². The van der Waals surface area contributed by atoms with E-state index in [1.54, 1.807) is 29.2 Å². The highest BCUT2D eigenvalue weighted by Gasteiger charge is 2.29. The van der Waals surface area contributed by atoms with Gasteiger partial charge in [-0.2, -0.15) is 8.42 Å². The Balaban J connectivity index is 1.82. The summed E-state index contributed by atoms with van der Waals surface area (Å²) in [4.78, 5) is 14.6. The van der Waals surface area contributed by atoms with Crippen LogP contribution in [0.2, 0.25) is 0 Å². The molecule has 7 heteroatoms. The molecule has 1 saturated carbocycles. The molecular weight excluding hydrogens is 405 g/mol. The summed E-state index contributed by atoms with van der Waals surface area (Å²) in [5.41, 5.74) is 0.479. The van der Waals surface area contributed by atoms with Crippen molar-refractivity contribution in [2.45, 2.75) is 51.5 Å². The number of hydrogen-bond donors (Lipinski definition) is 0. The van der Waals surface area contributed by atoms with E-state index in [1.165, 1.54) is 12.1 Å². The standard InChI is InChI=1S/C23H28FNO4S/c1-23(2,3)14-22(26)25(15-17-8-9-17)16-18-6-4-5-7-21(18)29-30(27,28)20-12-10-19(24)11-13-20/h4-7,10-13,17H,8-9,14-16H2,1-3H3. The molecule has 30 heavy (non-hydrogen) atoms. The lowest BCUT2D eigenvalue weighted by molar-refractivity contribution is -0.134. The first-order valence-corrected chi connectivity index (χ1v) is 11.5. The number of carbonyl (C=O) groups excluding carboxylic acids is 1. The molecule has 0 saturated heterocycles. The Bertz CT molecular complexity index is 993. The van der Waals surface area contributed by atoms with Crippen LogP contribution in [0.5, 0.6) is 5.75 Å². The Morgan fingerprint density at radius 3 is 2.33 bits per heavy atom. The maximum Gasteiger partial charge on any atom is 0.339 e. The van der Waals surface area contributed by atoms with Crippen molar-refractivity contribution in [1.29, 1.82) is 0 Å². The third kappa shape index (κ3) is 6.29. The molecule has 0 radical (unpaired) electrons. The van der Waals surface area contributed by atoms with E-state index in [0.29, 0.717) is 24.4 Å². The number of carbonyl (C=O) groups is 1. The fourth-order valence-electron chi connectivity index (χ4n) is 3.12. The van der Waals surface area contributed by atoms with E-state index in [0.717, 1.165) is 25.0 Å². The average Bonchev–Trinajstić information content (AvgIpc) is 3.45. The Labute approximate surface area is 178 Å². The third-order valence-electron chi connectivity index (χ3n) is 4.85. The van der Waals surface area contributed by atoms with Crippen molar-refractivity contribution in [3.8, 4) is 5.75 Å². The van der Waals surface area contributed by atoms with Gasteiger partial charge >= 0.3 is 10.1 Å². The van der Waals surface area contributed by atoms with Crippen molar-refractivity contribution in [2.75, 3.05) is 6.54 Å². The minimum absolute atomic E-state index is 0.0468. The monoisotopic (exact) mass is 433 g/mol. The van der Waals surface area contributed by atoms with Crippen LogP contribution in [0.15, 0.2) is 53.4 Å². The van der Waals surface area contributed by atoms with Gasteiger partial charge < -0.3 is 9.08 Å². The molecule has 3 rings (SSSR count). The van der Waals surface area contributed by atoms with Gasteiger partial charge in [0.2, 0.25) is 5.91 Å². The van der Waals surface area contributed by atoms with Crippen LogP contribution in [-0.4, -0.2) is 25.8 Å². The number of benzene rings is 2. The lowest BCUT2D eigenvalue weighted by Gasteiger charge is -2.27. The number of amides is 1. The zero-order chi connectivity index (χ0) is 21.9. The van der Waals surface area contributed by atoms with Gasteiger partial charge in [-0.1, -0.05) is 39.0 Å². The van der Waals surface area contributed by atoms with Gasteiger partial charge in [0, 0.05) is 25.1 Å². The van der Waals surface area contributed by atoms with Crippen molar-refractivity contribution in [2.24, 2.45) is 11.3 Å². The summed E-state index contributed by atoms with van der Waals surface area (Å²) < 4.78 is 43.8. The summed E-state index contributed by atoms with van der Waals surface area (Å²) in [7, 11) is -4.12. The molecule has 1 aliphatic carbocycles. The normalized spacial score (nSPS) is 14.4. The second kappa shape index (κ2) is 8.76. The van der Waals surface area contributed by atoms with Gasteiger partial charge in [0.15, 0.2) is 0 Å². The van der Waals surface area contributed by atoms with Crippen molar-refractivity contribution in [3.63, 3.8) is 0 Å². The second-order valence-electron chi connectivity index (χ2n) is 9.05. The lowest BCUT2D eigenvalue weighted by Crippen LogP contribution is -2.35. The Kier molecular flexibility index (Phi) is 6.50. The third-order valence-corrected chi connectivity index (χ3v) is 6.09. The van der Waals surface area contributed by atoms with Crippen LogP contribution in [0.25, 0.3) is 0 Å². The molecule has 0 spiro atoms. The molecule has 5 nitrogen and oxygen atoms in total. The number of para-hydroxylation sites is 1. The molecule has 0 atom stereocenters. The summed E-state index contributed by atoms with van der Waals surface area (Å²) in [6.45, 7) is 7.00. The van der Waals surface area contributed by atoms with Gasteiger partial charge in [0.05, 0.1) is 0 Å². The minimum atomic E-state index is -4.12. The largest absolute Gasteiger partial charge is 0.379 e. The van der Waals surface area contributed by atoms with Gasteiger partial charge in [-0.3, -0.25) is 4.79 Å². The Morgan fingerprint density at radius 1 is 1.10 bits per heavy atom. The molecular formula is C23H28FNO4S. The molecule has 0 aromatic heterocycles. The predicted molar refractivity (Wildman–Crippen MR) is 113 cm³/mol. The van der Waals surface area contributed by atoms with Crippen molar-refractivity contribution >= 4 is 16.0 Å². The quantitative estimate of drug-likeness (QED) is 0.563. The van der Waals surface area contributed by atoms with Crippen LogP contribution in [0.4, 0.5) is 4.39 Å². The number of nitrogens with zero attached hydrogens (tertiary/aromatic N) is 1. The number of halogens is 1. The smallest absolute Gasteiger partial charge is 0.339 e. The molecule has 1 amide bonds. The van der Waals surface area contributed by atoms with Gasteiger partial charge in [-0.05, 0) is 54.5 Å². The second-order valence-corrected chi connectivity index (χ2v) is 10.6. The van der Waals surface area contributed by atoms with E-state index < -0.39 is 15.9 Å². The summed E-state index contributed by atoms with van der Waals surface area (Å²) in [6, 6.07) is 11.3. The first-order chi connectivity index (χ1) is 14.0. The molecule has 0 heterocycles. The fourth-order valence-corrected chi connectivity index (χ4v) is 4.09. The zero-order valence-electron chi connectivity index (χ0n) is 17.6. The zero-order valence-corrected chi connectivity index (χ0v) is 18.4. The molecule has 0 bridgehead atoms. The van der Waals surface area contributed by atoms with E-state index in [-0.39, 0.29) is 28.5 Å².